The molecule has 4 heteroatoms. The van der Waals surface area contributed by atoms with E-state index in [0.29, 0.717) is 12.0 Å². The minimum atomic E-state index is 0.0292. The molecule has 1 aliphatic heterocycles. The first-order chi connectivity index (χ1) is 11.2. The Balaban J connectivity index is 1.79. The van der Waals surface area contributed by atoms with Gasteiger partial charge in [-0.05, 0) is 42.7 Å². The third kappa shape index (κ3) is 3.14. The van der Waals surface area contributed by atoms with E-state index in [0.717, 1.165) is 42.9 Å². The van der Waals surface area contributed by atoms with E-state index in [2.05, 4.69) is 13.0 Å². The summed E-state index contributed by atoms with van der Waals surface area (Å²) in [4.78, 5) is 14.7. The molecular formula is C19H20N2O2. The largest absolute Gasteiger partial charge is 0.464 e. The van der Waals surface area contributed by atoms with Crippen LogP contribution in [0.25, 0.3) is 0 Å². The number of carbonyl (C=O) groups excluding carboxylic acids is 1. The number of furan rings is 1. The van der Waals surface area contributed by atoms with Crippen molar-refractivity contribution in [3.05, 3.63) is 59.0 Å². The molecule has 0 radical (unpaired) electrons. The number of nitrogens with zero attached hydrogens (tertiary/aromatic N) is 2. The first-order valence-corrected chi connectivity index (χ1v) is 8.08. The van der Waals surface area contributed by atoms with E-state index < -0.39 is 0 Å². The molecule has 1 amide bonds. The van der Waals surface area contributed by atoms with Crippen molar-refractivity contribution >= 4 is 5.91 Å². The van der Waals surface area contributed by atoms with E-state index >= 15 is 0 Å². The Bertz CT molecular complexity index is 725. The molecule has 3 rings (SSSR count). The molecule has 1 atom stereocenters. The highest BCUT2D eigenvalue weighted by atomic mass is 16.3. The quantitative estimate of drug-likeness (QED) is 0.861. The summed E-state index contributed by atoms with van der Waals surface area (Å²) in [6.07, 6.45) is 3.16. The number of hydrogen-bond donors (Lipinski definition) is 0. The Labute approximate surface area is 136 Å². The molecule has 118 valence electrons. The monoisotopic (exact) mass is 308 g/mol. The molecule has 0 spiro atoms. The highest BCUT2D eigenvalue weighted by Crippen LogP contribution is 2.34. The number of rotatable bonds is 4. The fourth-order valence-corrected chi connectivity index (χ4v) is 3.09. The second kappa shape index (κ2) is 6.70. The van der Waals surface area contributed by atoms with E-state index in [9.17, 15) is 4.79 Å². The molecule has 0 aliphatic carbocycles. The van der Waals surface area contributed by atoms with E-state index in [-0.39, 0.29) is 11.9 Å². The van der Waals surface area contributed by atoms with Crippen LogP contribution < -0.4 is 0 Å². The van der Waals surface area contributed by atoms with Crippen LogP contribution in [0.15, 0.2) is 40.8 Å². The minimum absolute atomic E-state index is 0.0292. The van der Waals surface area contributed by atoms with E-state index in [4.69, 9.17) is 9.68 Å². The summed E-state index contributed by atoms with van der Waals surface area (Å²) in [5.41, 5.74) is 1.60. The first kappa shape index (κ1) is 15.4. The first-order valence-electron chi connectivity index (χ1n) is 8.08. The van der Waals surface area contributed by atoms with Crippen molar-refractivity contribution in [2.24, 2.45) is 0 Å². The fourth-order valence-electron chi connectivity index (χ4n) is 3.09. The van der Waals surface area contributed by atoms with Crippen LogP contribution in [0.2, 0.25) is 0 Å². The van der Waals surface area contributed by atoms with Crippen LogP contribution in [-0.2, 0) is 12.8 Å². The second-order valence-electron chi connectivity index (χ2n) is 5.85. The van der Waals surface area contributed by atoms with Crippen molar-refractivity contribution in [2.75, 3.05) is 6.54 Å². The SMILES string of the molecule is CCc1ccc(C2CCCN2C(=O)c2ccc(CC#N)cc2)o1. The summed E-state index contributed by atoms with van der Waals surface area (Å²) in [5.74, 6) is 1.87. The van der Waals surface area contributed by atoms with Gasteiger partial charge < -0.3 is 9.32 Å². The summed E-state index contributed by atoms with van der Waals surface area (Å²) in [6, 6.07) is 13.5. The van der Waals surface area contributed by atoms with Crippen LogP contribution in [0.3, 0.4) is 0 Å². The lowest BCUT2D eigenvalue weighted by Crippen LogP contribution is -2.30. The lowest BCUT2D eigenvalue weighted by Gasteiger charge is -2.23. The molecule has 0 bridgehead atoms. The normalized spacial score (nSPS) is 17.2. The summed E-state index contributed by atoms with van der Waals surface area (Å²) in [6.45, 7) is 2.81. The van der Waals surface area contributed by atoms with Crippen LogP contribution in [0.4, 0.5) is 0 Å². The summed E-state index contributed by atoms with van der Waals surface area (Å²) < 4.78 is 5.85. The van der Waals surface area contributed by atoms with Crippen LogP contribution in [0, 0.1) is 11.3 Å². The van der Waals surface area contributed by atoms with Gasteiger partial charge >= 0.3 is 0 Å². The molecule has 1 saturated heterocycles. The molecular weight excluding hydrogens is 288 g/mol. The van der Waals surface area contributed by atoms with Gasteiger partial charge in [0.15, 0.2) is 0 Å². The smallest absolute Gasteiger partial charge is 0.254 e. The maximum atomic E-state index is 12.8. The Morgan fingerprint density at radius 3 is 2.74 bits per heavy atom. The number of aryl methyl sites for hydroxylation is 1. The van der Waals surface area contributed by atoms with Gasteiger partial charge in [0.25, 0.3) is 5.91 Å². The highest BCUT2D eigenvalue weighted by Gasteiger charge is 2.32. The van der Waals surface area contributed by atoms with Crippen molar-refractivity contribution in [3.63, 3.8) is 0 Å². The van der Waals surface area contributed by atoms with Crippen molar-refractivity contribution in [1.82, 2.24) is 4.90 Å². The zero-order chi connectivity index (χ0) is 16.2. The molecule has 2 heterocycles. The minimum Gasteiger partial charge on any atom is -0.464 e. The van der Waals surface area contributed by atoms with Gasteiger partial charge in [-0.2, -0.15) is 5.26 Å². The predicted molar refractivity (Wildman–Crippen MR) is 86.9 cm³/mol. The molecule has 2 aromatic rings. The molecule has 1 aromatic heterocycles. The molecule has 23 heavy (non-hydrogen) atoms. The molecule has 1 aliphatic rings. The average Bonchev–Trinajstić information content (AvgIpc) is 3.24. The summed E-state index contributed by atoms with van der Waals surface area (Å²) >= 11 is 0. The van der Waals surface area contributed by atoms with Crippen molar-refractivity contribution in [2.45, 2.75) is 38.6 Å². The molecule has 1 aromatic carbocycles. The zero-order valence-electron chi connectivity index (χ0n) is 13.3. The van der Waals surface area contributed by atoms with Crippen LogP contribution in [-0.4, -0.2) is 17.4 Å². The summed E-state index contributed by atoms with van der Waals surface area (Å²) in [5, 5.41) is 8.72. The Kier molecular flexibility index (Phi) is 4.47. The third-order valence-electron chi connectivity index (χ3n) is 4.36. The highest BCUT2D eigenvalue weighted by molar-refractivity contribution is 5.94. The number of benzene rings is 1. The average molecular weight is 308 g/mol. The molecule has 4 nitrogen and oxygen atoms in total. The topological polar surface area (TPSA) is 57.2 Å². The maximum absolute atomic E-state index is 12.8. The predicted octanol–water partition coefficient (Wildman–Crippen LogP) is 3.89. The fraction of sp³-hybridized carbons (Fsp3) is 0.368. The van der Waals surface area contributed by atoms with Gasteiger partial charge in [0.05, 0.1) is 18.5 Å². The van der Waals surface area contributed by atoms with Crippen molar-refractivity contribution in [3.8, 4) is 6.07 Å². The van der Waals surface area contributed by atoms with Gasteiger partial charge in [-0.3, -0.25) is 4.79 Å². The maximum Gasteiger partial charge on any atom is 0.254 e. The Morgan fingerprint density at radius 2 is 2.09 bits per heavy atom. The molecule has 0 N–H and O–H groups in total. The van der Waals surface area contributed by atoms with Crippen LogP contribution in [0.5, 0.6) is 0 Å². The van der Waals surface area contributed by atoms with Gasteiger partial charge in [-0.25, -0.2) is 0 Å². The van der Waals surface area contributed by atoms with Gasteiger partial charge in [-0.15, -0.1) is 0 Å². The van der Waals surface area contributed by atoms with E-state index in [1.807, 2.05) is 41.3 Å². The Hall–Kier alpha value is -2.54. The van der Waals surface area contributed by atoms with Crippen molar-refractivity contribution < 1.29 is 9.21 Å². The van der Waals surface area contributed by atoms with Crippen LogP contribution in [0.1, 0.15) is 53.2 Å². The van der Waals surface area contributed by atoms with Gasteiger partial charge in [-0.1, -0.05) is 19.1 Å². The summed E-state index contributed by atoms with van der Waals surface area (Å²) in [7, 11) is 0. The lowest BCUT2D eigenvalue weighted by atomic mass is 10.1. The molecule has 1 unspecified atom stereocenters. The number of nitriles is 1. The molecule has 0 saturated carbocycles. The lowest BCUT2D eigenvalue weighted by molar-refractivity contribution is 0.0719. The Morgan fingerprint density at radius 1 is 1.30 bits per heavy atom. The number of likely N-dealkylation sites (tertiary alicyclic amines) is 1. The molecule has 1 fully saturated rings. The zero-order valence-corrected chi connectivity index (χ0v) is 13.3. The standard InChI is InChI=1S/C19H20N2O2/c1-2-16-9-10-18(23-16)17-4-3-13-21(17)19(22)15-7-5-14(6-8-15)11-12-20/h5-10,17H,2-4,11,13H2,1H3. The third-order valence-corrected chi connectivity index (χ3v) is 4.36. The number of carbonyl (C=O) groups is 1. The van der Waals surface area contributed by atoms with Gasteiger partial charge in [0.2, 0.25) is 0 Å². The number of hydrogen-bond acceptors (Lipinski definition) is 3. The second-order valence-corrected chi connectivity index (χ2v) is 5.85. The van der Waals surface area contributed by atoms with Crippen molar-refractivity contribution in [1.29, 1.82) is 5.26 Å². The van der Waals surface area contributed by atoms with E-state index in [1.165, 1.54) is 0 Å². The van der Waals surface area contributed by atoms with Gasteiger partial charge in [0, 0.05) is 18.5 Å². The van der Waals surface area contributed by atoms with Crippen LogP contribution >= 0.6 is 0 Å². The van der Waals surface area contributed by atoms with E-state index in [1.54, 1.807) is 0 Å². The van der Waals surface area contributed by atoms with Gasteiger partial charge in [0.1, 0.15) is 11.5 Å². The number of amides is 1.